The summed E-state index contributed by atoms with van der Waals surface area (Å²) in [6.07, 6.45) is 4.58. The van der Waals surface area contributed by atoms with Gasteiger partial charge in [0.05, 0.1) is 7.11 Å². The third-order valence-corrected chi connectivity index (χ3v) is 7.84. The van der Waals surface area contributed by atoms with Crippen molar-refractivity contribution in [2.75, 3.05) is 13.7 Å². The van der Waals surface area contributed by atoms with Crippen molar-refractivity contribution < 1.29 is 19.1 Å². The summed E-state index contributed by atoms with van der Waals surface area (Å²) in [5.74, 6) is 0.925. The van der Waals surface area contributed by atoms with E-state index in [2.05, 4.69) is 21.2 Å². The number of halogens is 1. The maximum Gasteiger partial charge on any atom is 0.261 e. The number of amides is 2. The van der Waals surface area contributed by atoms with Gasteiger partial charge in [-0.1, -0.05) is 71.2 Å². The number of nitrogens with one attached hydrogen (secondary N) is 1. The first-order valence-electron chi connectivity index (χ1n) is 13.1. The predicted octanol–water partition coefficient (Wildman–Crippen LogP) is 5.84. The van der Waals surface area contributed by atoms with E-state index in [1.54, 1.807) is 12.0 Å². The average molecular weight is 580 g/mol. The van der Waals surface area contributed by atoms with Crippen molar-refractivity contribution in [3.63, 3.8) is 0 Å². The van der Waals surface area contributed by atoms with Crippen molar-refractivity contribution in [2.45, 2.75) is 57.7 Å². The quantitative estimate of drug-likeness (QED) is 0.310. The molecule has 1 atom stereocenters. The van der Waals surface area contributed by atoms with Crippen molar-refractivity contribution >= 4 is 27.7 Å². The summed E-state index contributed by atoms with van der Waals surface area (Å²) in [6.45, 7) is 2.05. The molecule has 1 fully saturated rings. The van der Waals surface area contributed by atoms with Gasteiger partial charge in [0.1, 0.15) is 17.5 Å². The summed E-state index contributed by atoms with van der Waals surface area (Å²) in [4.78, 5) is 29.2. The van der Waals surface area contributed by atoms with Gasteiger partial charge in [-0.3, -0.25) is 9.59 Å². The lowest BCUT2D eigenvalue weighted by atomic mass is 10.0. The van der Waals surface area contributed by atoms with Gasteiger partial charge in [-0.25, -0.2) is 0 Å². The molecule has 7 heteroatoms. The highest BCUT2D eigenvalue weighted by Gasteiger charge is 2.32. The van der Waals surface area contributed by atoms with E-state index in [0.717, 1.165) is 46.8 Å². The van der Waals surface area contributed by atoms with Gasteiger partial charge in [0.2, 0.25) is 5.91 Å². The second-order valence-corrected chi connectivity index (χ2v) is 10.6. The number of carbonyl (C=O) groups excluding carboxylic acids is 2. The Kier molecular flexibility index (Phi) is 9.82. The third kappa shape index (κ3) is 7.60. The smallest absolute Gasteiger partial charge is 0.261 e. The van der Waals surface area contributed by atoms with Gasteiger partial charge >= 0.3 is 0 Å². The monoisotopic (exact) mass is 578 g/mol. The molecule has 38 heavy (non-hydrogen) atoms. The Morgan fingerprint density at radius 2 is 1.71 bits per heavy atom. The molecule has 6 nitrogen and oxygen atoms in total. The maximum atomic E-state index is 13.8. The minimum absolute atomic E-state index is 0.128. The van der Waals surface area contributed by atoms with Crippen LogP contribution in [-0.2, 0) is 22.6 Å². The zero-order valence-corrected chi connectivity index (χ0v) is 23.6. The third-order valence-electron chi connectivity index (χ3n) is 6.95. The number of ether oxygens (including phenoxy) is 2. The van der Waals surface area contributed by atoms with Crippen LogP contribution in [0.2, 0.25) is 0 Å². The summed E-state index contributed by atoms with van der Waals surface area (Å²) in [6, 6.07) is 22.5. The second kappa shape index (κ2) is 13.5. The van der Waals surface area contributed by atoms with Gasteiger partial charge < -0.3 is 19.7 Å². The predicted molar refractivity (Wildman–Crippen MR) is 152 cm³/mol. The molecule has 1 aliphatic carbocycles. The van der Waals surface area contributed by atoms with Gasteiger partial charge in [-0.15, -0.1) is 0 Å². The minimum atomic E-state index is -0.688. The van der Waals surface area contributed by atoms with Gasteiger partial charge in [0.15, 0.2) is 6.61 Å². The number of carbonyl (C=O) groups is 2. The second-order valence-electron chi connectivity index (χ2n) is 9.77. The molecule has 0 aliphatic heterocycles. The first-order chi connectivity index (χ1) is 18.4. The molecule has 0 saturated heterocycles. The van der Waals surface area contributed by atoms with Gasteiger partial charge in [0.25, 0.3) is 5.91 Å². The van der Waals surface area contributed by atoms with Crippen LogP contribution in [0.1, 0.15) is 42.4 Å². The van der Waals surface area contributed by atoms with Crippen LogP contribution in [0.15, 0.2) is 77.3 Å². The maximum absolute atomic E-state index is 13.8. The molecule has 0 unspecified atom stereocenters. The van der Waals surface area contributed by atoms with Gasteiger partial charge in [-0.2, -0.15) is 0 Å². The summed E-state index contributed by atoms with van der Waals surface area (Å²) < 4.78 is 12.3. The largest absolute Gasteiger partial charge is 0.497 e. The lowest BCUT2D eigenvalue weighted by molar-refractivity contribution is -0.143. The molecular weight excluding hydrogens is 544 g/mol. The molecule has 0 spiro atoms. The van der Waals surface area contributed by atoms with Crippen molar-refractivity contribution in [1.29, 1.82) is 0 Å². The Bertz CT molecular complexity index is 1230. The van der Waals surface area contributed by atoms with E-state index < -0.39 is 6.04 Å². The van der Waals surface area contributed by atoms with E-state index in [1.807, 2.05) is 79.7 Å². The standard InChI is InChI=1S/C31H35BrN2O4/c1-22-17-27(15-16-28(22)32)38-21-30(35)34(20-24-11-8-14-26(18-24)37-2)29(19-23-9-4-3-5-10-23)31(36)33-25-12-6-7-13-25/h3-5,8-11,14-18,25,29H,6-7,12-13,19-21H2,1-2H3,(H,33,36)/t29-/m0/s1. The fourth-order valence-electron chi connectivity index (χ4n) is 4.82. The summed E-state index contributed by atoms with van der Waals surface area (Å²) in [7, 11) is 1.61. The van der Waals surface area contributed by atoms with Gasteiger partial charge in [-0.05, 0) is 66.8 Å². The SMILES string of the molecule is COc1cccc(CN(C(=O)COc2ccc(Br)c(C)c2)[C@@H](Cc2ccccc2)C(=O)NC2CCCC2)c1. The minimum Gasteiger partial charge on any atom is -0.497 e. The molecule has 1 N–H and O–H groups in total. The van der Waals surface area contributed by atoms with E-state index in [4.69, 9.17) is 9.47 Å². The molecule has 0 aromatic heterocycles. The first-order valence-corrected chi connectivity index (χ1v) is 13.9. The zero-order chi connectivity index (χ0) is 26.9. The molecule has 1 saturated carbocycles. The number of hydrogen-bond acceptors (Lipinski definition) is 4. The van der Waals surface area contributed by atoms with Crippen molar-refractivity contribution in [3.05, 3.63) is 94.0 Å². The number of methoxy groups -OCH3 is 1. The van der Waals surface area contributed by atoms with Crippen molar-refractivity contribution in [3.8, 4) is 11.5 Å². The van der Waals surface area contributed by atoms with Crippen LogP contribution >= 0.6 is 15.9 Å². The molecule has 2 amide bonds. The van der Waals surface area contributed by atoms with Crippen LogP contribution < -0.4 is 14.8 Å². The highest BCUT2D eigenvalue weighted by atomic mass is 79.9. The van der Waals surface area contributed by atoms with E-state index >= 15 is 0 Å². The van der Waals surface area contributed by atoms with Crippen LogP contribution in [0.4, 0.5) is 0 Å². The van der Waals surface area contributed by atoms with E-state index in [0.29, 0.717) is 17.9 Å². The topological polar surface area (TPSA) is 67.9 Å². The lowest BCUT2D eigenvalue weighted by Gasteiger charge is -2.32. The van der Waals surface area contributed by atoms with Crippen LogP contribution in [0.25, 0.3) is 0 Å². The molecule has 0 radical (unpaired) electrons. The van der Waals surface area contributed by atoms with Crippen molar-refractivity contribution in [1.82, 2.24) is 10.2 Å². The van der Waals surface area contributed by atoms with Crippen LogP contribution in [0.5, 0.6) is 11.5 Å². The van der Waals surface area contributed by atoms with E-state index in [9.17, 15) is 9.59 Å². The fraction of sp³-hybridized carbons (Fsp3) is 0.355. The van der Waals surface area contributed by atoms with Crippen molar-refractivity contribution in [2.24, 2.45) is 0 Å². The molecular formula is C31H35BrN2O4. The summed E-state index contributed by atoms with van der Waals surface area (Å²) in [5.41, 5.74) is 2.89. The number of rotatable bonds is 11. The molecule has 4 rings (SSSR count). The molecule has 200 valence electrons. The van der Waals surface area contributed by atoms with Crippen LogP contribution in [0, 0.1) is 6.92 Å². The Labute approximate surface area is 233 Å². The Balaban J connectivity index is 1.62. The number of nitrogens with zero attached hydrogens (tertiary/aromatic N) is 1. The first kappa shape index (κ1) is 27.7. The summed E-state index contributed by atoms with van der Waals surface area (Å²) in [5, 5.41) is 3.23. The van der Waals surface area contributed by atoms with Crippen LogP contribution in [-0.4, -0.2) is 42.5 Å². The normalized spacial score (nSPS) is 14.1. The molecule has 3 aromatic rings. The fourth-order valence-corrected chi connectivity index (χ4v) is 5.07. The number of hydrogen-bond donors (Lipinski definition) is 1. The Morgan fingerprint density at radius 3 is 2.42 bits per heavy atom. The van der Waals surface area contributed by atoms with Gasteiger partial charge in [0, 0.05) is 23.5 Å². The Morgan fingerprint density at radius 1 is 0.974 bits per heavy atom. The lowest BCUT2D eigenvalue weighted by Crippen LogP contribution is -2.53. The number of aryl methyl sites for hydroxylation is 1. The molecule has 3 aromatic carbocycles. The highest BCUT2D eigenvalue weighted by molar-refractivity contribution is 9.10. The highest BCUT2D eigenvalue weighted by Crippen LogP contribution is 2.23. The molecule has 1 aliphatic rings. The number of benzene rings is 3. The molecule has 0 heterocycles. The Hall–Kier alpha value is -3.32. The van der Waals surface area contributed by atoms with E-state index in [1.165, 1.54) is 0 Å². The summed E-state index contributed by atoms with van der Waals surface area (Å²) >= 11 is 3.50. The zero-order valence-electron chi connectivity index (χ0n) is 22.0. The average Bonchev–Trinajstić information content (AvgIpc) is 3.44. The molecule has 0 bridgehead atoms. The van der Waals surface area contributed by atoms with Crippen LogP contribution in [0.3, 0.4) is 0 Å². The van der Waals surface area contributed by atoms with E-state index in [-0.39, 0.29) is 31.0 Å².